The predicted molar refractivity (Wildman–Crippen MR) is 243 cm³/mol. The van der Waals surface area contributed by atoms with Crippen LogP contribution < -0.4 is 0 Å². The molecule has 2 aliphatic rings. The SMILES string of the molecule is CC1(C)c2ccccc2-c2nc3c(ccc4ccccc43)c(-c3cccc(-c4cccc(-c5c6c(nc7ccc8ccccc8c57)-c5ccccc5C6(C)C)c4)c3)c21. The van der Waals surface area contributed by atoms with Crippen LogP contribution in [0.25, 0.3) is 99.2 Å². The van der Waals surface area contributed by atoms with E-state index in [9.17, 15) is 0 Å². The van der Waals surface area contributed by atoms with Crippen LogP contribution in [0.2, 0.25) is 0 Å². The maximum absolute atomic E-state index is 5.53. The summed E-state index contributed by atoms with van der Waals surface area (Å²) >= 11 is 0. The first-order valence-electron chi connectivity index (χ1n) is 20.4. The standard InChI is InChI=1S/C56H40N2/c1-55(2)45-26-12-10-24-42(45)54-50(55)47(43-29-27-34-16-6-8-22-40(34)52(43)58-54)37-19-13-17-35(31-37)36-18-14-20-38(32-36)48-49-39-21-7-5-15-33(39)28-30-46(49)57-53-41-23-9-11-25-44(41)56(3,4)51(48)53/h5-32H,1-4H3. The molecule has 2 aliphatic carbocycles. The van der Waals surface area contributed by atoms with Gasteiger partial charge in [-0.15, -0.1) is 0 Å². The molecular weight excluding hydrogens is 701 g/mol. The number of aromatic nitrogens is 2. The highest BCUT2D eigenvalue weighted by atomic mass is 14.7. The van der Waals surface area contributed by atoms with Crippen molar-refractivity contribution in [1.29, 1.82) is 0 Å². The lowest BCUT2D eigenvalue weighted by molar-refractivity contribution is 0.661. The molecule has 2 aromatic heterocycles. The van der Waals surface area contributed by atoms with Gasteiger partial charge < -0.3 is 0 Å². The smallest absolute Gasteiger partial charge is 0.0794 e. The Bertz CT molecular complexity index is 3400. The van der Waals surface area contributed by atoms with Crippen LogP contribution in [0.4, 0.5) is 0 Å². The Labute approximate surface area is 338 Å². The molecule has 0 bridgehead atoms. The second-order valence-electron chi connectivity index (χ2n) is 17.3. The second kappa shape index (κ2) is 11.8. The molecule has 2 nitrogen and oxygen atoms in total. The molecule has 2 heteroatoms. The third-order valence-electron chi connectivity index (χ3n) is 13.4. The van der Waals surface area contributed by atoms with Gasteiger partial charge >= 0.3 is 0 Å². The summed E-state index contributed by atoms with van der Waals surface area (Å²) in [5.74, 6) is 0. The highest BCUT2D eigenvalue weighted by molar-refractivity contribution is 6.16. The van der Waals surface area contributed by atoms with E-state index < -0.39 is 0 Å². The molecule has 12 rings (SSSR count). The predicted octanol–water partition coefficient (Wildman–Crippen LogP) is 14.7. The van der Waals surface area contributed by atoms with Crippen LogP contribution in [-0.4, -0.2) is 9.97 Å². The number of benzene rings is 8. The molecule has 0 unspecified atom stereocenters. The van der Waals surface area contributed by atoms with Crippen molar-refractivity contribution in [2.24, 2.45) is 0 Å². The highest BCUT2D eigenvalue weighted by Gasteiger charge is 2.41. The van der Waals surface area contributed by atoms with Gasteiger partial charge in [-0.1, -0.05) is 179 Å². The molecule has 0 fully saturated rings. The van der Waals surface area contributed by atoms with E-state index in [4.69, 9.17) is 9.97 Å². The summed E-state index contributed by atoms with van der Waals surface area (Å²) in [6.07, 6.45) is 0. The van der Waals surface area contributed by atoms with Crippen molar-refractivity contribution in [3.8, 4) is 55.9 Å². The van der Waals surface area contributed by atoms with Crippen LogP contribution in [-0.2, 0) is 10.8 Å². The molecule has 0 amide bonds. The van der Waals surface area contributed by atoms with Gasteiger partial charge in [0.15, 0.2) is 0 Å². The average Bonchev–Trinajstić information content (AvgIpc) is 3.64. The Morgan fingerprint density at radius 3 is 1.55 bits per heavy atom. The van der Waals surface area contributed by atoms with Crippen molar-refractivity contribution in [3.63, 3.8) is 0 Å². The summed E-state index contributed by atoms with van der Waals surface area (Å²) in [4.78, 5) is 11.0. The molecular formula is C56H40N2. The van der Waals surface area contributed by atoms with Gasteiger partial charge in [-0.05, 0) is 90.0 Å². The normalized spacial score (nSPS) is 14.5. The van der Waals surface area contributed by atoms with Crippen LogP contribution in [0.1, 0.15) is 49.9 Å². The zero-order valence-corrected chi connectivity index (χ0v) is 33.1. The Balaban J connectivity index is 1.11. The van der Waals surface area contributed by atoms with Crippen LogP contribution in [0.15, 0.2) is 170 Å². The fourth-order valence-electron chi connectivity index (χ4n) is 10.7. The summed E-state index contributed by atoms with van der Waals surface area (Å²) in [6, 6.07) is 62.5. The summed E-state index contributed by atoms with van der Waals surface area (Å²) in [6.45, 7) is 9.47. The Kier molecular flexibility index (Phi) is 6.78. The van der Waals surface area contributed by atoms with Crippen LogP contribution >= 0.6 is 0 Å². The minimum absolute atomic E-state index is 0.222. The van der Waals surface area contributed by atoms with Gasteiger partial charge in [0.25, 0.3) is 0 Å². The highest BCUT2D eigenvalue weighted by Crippen LogP contribution is 2.56. The minimum Gasteiger partial charge on any atom is -0.247 e. The second-order valence-corrected chi connectivity index (χ2v) is 17.3. The fraction of sp³-hybridized carbons (Fsp3) is 0.107. The Hall–Kier alpha value is -6.90. The molecule has 274 valence electrons. The number of fused-ring (bicyclic) bond motifs is 12. The molecule has 2 heterocycles. The maximum Gasteiger partial charge on any atom is 0.0794 e. The lowest BCUT2D eigenvalue weighted by atomic mass is 9.77. The summed E-state index contributed by atoms with van der Waals surface area (Å²) in [7, 11) is 0. The van der Waals surface area contributed by atoms with E-state index in [-0.39, 0.29) is 10.8 Å². The average molecular weight is 741 g/mol. The topological polar surface area (TPSA) is 25.8 Å². The van der Waals surface area contributed by atoms with Gasteiger partial charge in [0.1, 0.15) is 0 Å². The molecule has 58 heavy (non-hydrogen) atoms. The molecule has 0 N–H and O–H groups in total. The quantitative estimate of drug-likeness (QED) is 0.169. The molecule has 0 atom stereocenters. The number of hydrogen-bond acceptors (Lipinski definition) is 2. The zero-order chi connectivity index (χ0) is 38.9. The molecule has 0 saturated carbocycles. The fourth-order valence-corrected chi connectivity index (χ4v) is 10.7. The molecule has 0 spiro atoms. The zero-order valence-electron chi connectivity index (χ0n) is 33.1. The first-order valence-corrected chi connectivity index (χ1v) is 20.4. The van der Waals surface area contributed by atoms with E-state index in [1.807, 2.05) is 0 Å². The largest absolute Gasteiger partial charge is 0.247 e. The molecule has 0 radical (unpaired) electrons. The van der Waals surface area contributed by atoms with E-state index in [1.165, 1.54) is 99.1 Å². The van der Waals surface area contributed by atoms with Crippen molar-refractivity contribution in [2.75, 3.05) is 0 Å². The minimum atomic E-state index is -0.230. The van der Waals surface area contributed by atoms with Crippen molar-refractivity contribution in [3.05, 3.63) is 192 Å². The van der Waals surface area contributed by atoms with Gasteiger partial charge in [-0.2, -0.15) is 0 Å². The van der Waals surface area contributed by atoms with Gasteiger partial charge in [0.05, 0.1) is 22.4 Å². The molecule has 10 aromatic rings. The van der Waals surface area contributed by atoms with E-state index >= 15 is 0 Å². The van der Waals surface area contributed by atoms with Gasteiger partial charge in [0.2, 0.25) is 0 Å². The summed E-state index contributed by atoms with van der Waals surface area (Å²) < 4.78 is 0. The number of hydrogen-bond donors (Lipinski definition) is 0. The van der Waals surface area contributed by atoms with E-state index in [1.54, 1.807) is 0 Å². The van der Waals surface area contributed by atoms with E-state index in [0.717, 1.165) is 22.4 Å². The molecule has 8 aromatic carbocycles. The number of pyridine rings is 2. The third kappa shape index (κ3) is 4.49. The Morgan fingerprint density at radius 2 is 0.879 bits per heavy atom. The lowest BCUT2D eigenvalue weighted by Crippen LogP contribution is -2.17. The molecule has 0 saturated heterocycles. The van der Waals surface area contributed by atoms with Crippen LogP contribution in [0.3, 0.4) is 0 Å². The molecule has 0 aliphatic heterocycles. The van der Waals surface area contributed by atoms with Crippen molar-refractivity contribution in [2.45, 2.75) is 38.5 Å². The summed E-state index contributed by atoms with van der Waals surface area (Å²) in [5.41, 5.74) is 18.9. The Morgan fingerprint density at radius 1 is 0.379 bits per heavy atom. The monoisotopic (exact) mass is 740 g/mol. The lowest BCUT2D eigenvalue weighted by Gasteiger charge is -2.26. The van der Waals surface area contributed by atoms with Crippen molar-refractivity contribution in [1.82, 2.24) is 9.97 Å². The van der Waals surface area contributed by atoms with Gasteiger partial charge in [0, 0.05) is 38.1 Å². The maximum atomic E-state index is 5.53. The third-order valence-corrected chi connectivity index (χ3v) is 13.4. The first-order chi connectivity index (χ1) is 28.3. The first kappa shape index (κ1) is 33.3. The van der Waals surface area contributed by atoms with Crippen LogP contribution in [0.5, 0.6) is 0 Å². The van der Waals surface area contributed by atoms with Crippen molar-refractivity contribution >= 4 is 43.4 Å². The van der Waals surface area contributed by atoms with Crippen molar-refractivity contribution < 1.29 is 0 Å². The number of rotatable bonds is 3. The van der Waals surface area contributed by atoms with Gasteiger partial charge in [-0.3, -0.25) is 0 Å². The van der Waals surface area contributed by atoms with Gasteiger partial charge in [-0.25, -0.2) is 9.97 Å². The van der Waals surface area contributed by atoms with E-state index in [0.29, 0.717) is 0 Å². The summed E-state index contributed by atoms with van der Waals surface area (Å²) in [5, 5.41) is 7.26. The number of nitrogens with zero attached hydrogens (tertiary/aromatic N) is 2. The van der Waals surface area contributed by atoms with Crippen LogP contribution in [0, 0.1) is 0 Å². The van der Waals surface area contributed by atoms with E-state index in [2.05, 4.69) is 198 Å².